The highest BCUT2D eigenvalue weighted by Crippen LogP contribution is 2.25. The smallest absolute Gasteiger partial charge is 0.338 e. The first-order valence-corrected chi connectivity index (χ1v) is 9.09. The van der Waals surface area contributed by atoms with Gasteiger partial charge >= 0.3 is 5.97 Å². The summed E-state index contributed by atoms with van der Waals surface area (Å²) in [5.41, 5.74) is 3.09. The second kappa shape index (κ2) is 7.98. The lowest BCUT2D eigenvalue weighted by molar-refractivity contribution is 0.0280. The van der Waals surface area contributed by atoms with Gasteiger partial charge in [0.15, 0.2) is 6.10 Å². The Labute approximate surface area is 167 Å². The van der Waals surface area contributed by atoms with Crippen molar-refractivity contribution in [3.63, 3.8) is 0 Å². The third-order valence-corrected chi connectivity index (χ3v) is 4.41. The van der Waals surface area contributed by atoms with Crippen LogP contribution in [0.4, 0.5) is 0 Å². The molecule has 6 heteroatoms. The van der Waals surface area contributed by atoms with Crippen LogP contribution in [0.15, 0.2) is 83.3 Å². The lowest BCUT2D eigenvalue weighted by Gasteiger charge is -2.10. The molecule has 0 bridgehead atoms. The number of ether oxygens (including phenoxy) is 1. The number of esters is 1. The predicted octanol–water partition coefficient (Wildman–Crippen LogP) is 5.03. The van der Waals surface area contributed by atoms with E-state index in [-0.39, 0.29) is 11.6 Å². The second-order valence-electron chi connectivity index (χ2n) is 6.48. The van der Waals surface area contributed by atoms with Gasteiger partial charge in [-0.25, -0.2) is 4.79 Å². The minimum atomic E-state index is -0.677. The first kappa shape index (κ1) is 18.4. The van der Waals surface area contributed by atoms with Crippen LogP contribution in [0, 0.1) is 0 Å². The summed E-state index contributed by atoms with van der Waals surface area (Å²) in [6, 6.07) is 23.3. The summed E-state index contributed by atoms with van der Waals surface area (Å²) in [4.78, 5) is 12.5. The van der Waals surface area contributed by atoms with Gasteiger partial charge in [-0.1, -0.05) is 42.5 Å². The van der Waals surface area contributed by atoms with E-state index in [2.05, 4.69) is 10.2 Å². The Bertz CT molecular complexity index is 1100. The number of phenolic OH excluding ortho intramolecular Hbond substituents is 1. The van der Waals surface area contributed by atoms with Crippen LogP contribution >= 0.6 is 0 Å². The van der Waals surface area contributed by atoms with E-state index in [0.29, 0.717) is 11.5 Å². The molecule has 3 aromatic carbocycles. The molecule has 0 radical (unpaired) electrons. The van der Waals surface area contributed by atoms with Crippen molar-refractivity contribution < 1.29 is 19.1 Å². The highest BCUT2D eigenvalue weighted by Gasteiger charge is 2.20. The minimum Gasteiger partial charge on any atom is -0.508 e. The average Bonchev–Trinajstić information content (AvgIpc) is 3.26. The normalized spacial score (nSPS) is 11.8. The van der Waals surface area contributed by atoms with Crippen molar-refractivity contribution in [3.05, 3.63) is 90.3 Å². The fourth-order valence-corrected chi connectivity index (χ4v) is 2.83. The molecule has 29 heavy (non-hydrogen) atoms. The molecule has 0 spiro atoms. The number of carbonyl (C=O) groups excluding carboxylic acids is 1. The van der Waals surface area contributed by atoms with E-state index >= 15 is 0 Å². The zero-order valence-electron chi connectivity index (χ0n) is 15.6. The number of aromatic nitrogens is 2. The fourth-order valence-electron chi connectivity index (χ4n) is 2.83. The molecule has 4 rings (SSSR count). The monoisotopic (exact) mass is 386 g/mol. The average molecular weight is 386 g/mol. The van der Waals surface area contributed by atoms with E-state index in [1.165, 1.54) is 0 Å². The van der Waals surface area contributed by atoms with Crippen molar-refractivity contribution >= 4 is 5.97 Å². The molecule has 6 nitrogen and oxygen atoms in total. The number of hydrogen-bond acceptors (Lipinski definition) is 6. The number of phenols is 1. The Morgan fingerprint density at radius 2 is 1.48 bits per heavy atom. The SMILES string of the molecule is C[C@H](OC(=O)c1ccc(-c2ccc(O)cc2)cc1)c1nnc(-c2ccccc2)o1. The van der Waals surface area contributed by atoms with Gasteiger partial charge in [0, 0.05) is 5.56 Å². The van der Waals surface area contributed by atoms with Gasteiger partial charge < -0.3 is 14.3 Å². The molecule has 144 valence electrons. The second-order valence-corrected chi connectivity index (χ2v) is 6.48. The minimum absolute atomic E-state index is 0.208. The van der Waals surface area contributed by atoms with Gasteiger partial charge in [-0.2, -0.15) is 0 Å². The molecule has 1 atom stereocenters. The predicted molar refractivity (Wildman–Crippen MR) is 107 cm³/mol. The van der Waals surface area contributed by atoms with Crippen molar-refractivity contribution in [2.24, 2.45) is 0 Å². The summed E-state index contributed by atoms with van der Waals surface area (Å²) in [7, 11) is 0. The molecule has 1 N–H and O–H groups in total. The van der Waals surface area contributed by atoms with Crippen LogP contribution < -0.4 is 0 Å². The summed E-state index contributed by atoms with van der Waals surface area (Å²) >= 11 is 0. The van der Waals surface area contributed by atoms with Crippen molar-refractivity contribution in [1.29, 1.82) is 0 Å². The maximum absolute atomic E-state index is 12.5. The lowest BCUT2D eigenvalue weighted by atomic mass is 10.0. The first-order chi connectivity index (χ1) is 14.1. The summed E-state index contributed by atoms with van der Waals surface area (Å²) < 4.78 is 11.1. The molecular formula is C23H18N2O4. The van der Waals surface area contributed by atoms with Gasteiger partial charge in [0.25, 0.3) is 5.89 Å². The van der Waals surface area contributed by atoms with Crippen molar-refractivity contribution in [2.75, 3.05) is 0 Å². The molecule has 0 amide bonds. The van der Waals surface area contributed by atoms with E-state index in [9.17, 15) is 9.90 Å². The highest BCUT2D eigenvalue weighted by atomic mass is 16.6. The Balaban J connectivity index is 1.44. The summed E-state index contributed by atoms with van der Waals surface area (Å²) in [5, 5.41) is 17.4. The number of nitrogens with zero attached hydrogens (tertiary/aromatic N) is 2. The quantitative estimate of drug-likeness (QED) is 0.484. The van der Waals surface area contributed by atoms with E-state index in [0.717, 1.165) is 16.7 Å². The summed E-state index contributed by atoms with van der Waals surface area (Å²) in [6.45, 7) is 1.69. The summed E-state index contributed by atoms with van der Waals surface area (Å²) in [5.74, 6) is 0.341. The highest BCUT2D eigenvalue weighted by molar-refractivity contribution is 5.90. The first-order valence-electron chi connectivity index (χ1n) is 9.09. The fraction of sp³-hybridized carbons (Fsp3) is 0.0870. The number of aromatic hydroxyl groups is 1. The molecular weight excluding hydrogens is 368 g/mol. The van der Waals surface area contributed by atoms with E-state index in [1.807, 2.05) is 54.6 Å². The maximum Gasteiger partial charge on any atom is 0.338 e. The molecule has 0 unspecified atom stereocenters. The molecule has 1 aromatic heterocycles. The Kier molecular flexibility index (Phi) is 5.07. The molecule has 0 aliphatic carbocycles. The Morgan fingerprint density at radius 3 is 2.14 bits per heavy atom. The standard InChI is InChI=1S/C23H18N2O4/c1-15(21-24-25-22(29-21)18-5-3-2-4-6-18)28-23(27)19-9-7-16(8-10-19)17-11-13-20(26)14-12-17/h2-15,26H,1H3/t15-/m0/s1. The molecule has 0 saturated heterocycles. The van der Waals surface area contributed by atoms with Crippen LogP contribution in [0.3, 0.4) is 0 Å². The van der Waals surface area contributed by atoms with Gasteiger partial charge in [-0.05, 0) is 54.4 Å². The maximum atomic E-state index is 12.5. The topological polar surface area (TPSA) is 85.5 Å². The van der Waals surface area contributed by atoms with Crippen molar-refractivity contribution in [2.45, 2.75) is 13.0 Å². The number of carbonyl (C=O) groups is 1. The Morgan fingerprint density at radius 1 is 0.862 bits per heavy atom. The van der Waals surface area contributed by atoms with Gasteiger partial charge in [0.1, 0.15) is 5.75 Å². The van der Waals surface area contributed by atoms with E-state index < -0.39 is 12.1 Å². The van der Waals surface area contributed by atoms with Crippen LogP contribution in [0.5, 0.6) is 5.75 Å². The van der Waals surface area contributed by atoms with E-state index in [1.54, 1.807) is 31.2 Å². The zero-order valence-corrected chi connectivity index (χ0v) is 15.6. The molecule has 0 fully saturated rings. The number of benzene rings is 3. The van der Waals surface area contributed by atoms with Gasteiger partial charge in [0.05, 0.1) is 5.56 Å². The number of rotatable bonds is 5. The molecule has 0 aliphatic rings. The summed E-state index contributed by atoms with van der Waals surface area (Å²) in [6.07, 6.45) is -0.677. The van der Waals surface area contributed by atoms with Gasteiger partial charge in [-0.15, -0.1) is 10.2 Å². The van der Waals surface area contributed by atoms with Crippen LogP contribution in [0.2, 0.25) is 0 Å². The molecule has 0 aliphatic heterocycles. The molecule has 1 heterocycles. The largest absolute Gasteiger partial charge is 0.508 e. The van der Waals surface area contributed by atoms with Gasteiger partial charge in [-0.3, -0.25) is 0 Å². The van der Waals surface area contributed by atoms with Crippen LogP contribution in [0.25, 0.3) is 22.6 Å². The zero-order chi connectivity index (χ0) is 20.2. The Hall–Kier alpha value is -3.93. The van der Waals surface area contributed by atoms with Gasteiger partial charge in [0.2, 0.25) is 5.89 Å². The third-order valence-electron chi connectivity index (χ3n) is 4.41. The van der Waals surface area contributed by atoms with E-state index in [4.69, 9.17) is 9.15 Å². The van der Waals surface area contributed by atoms with Crippen LogP contribution in [0.1, 0.15) is 29.3 Å². The number of hydrogen-bond donors (Lipinski definition) is 1. The van der Waals surface area contributed by atoms with Crippen LogP contribution in [-0.4, -0.2) is 21.3 Å². The molecule has 0 saturated carbocycles. The van der Waals surface area contributed by atoms with Crippen molar-refractivity contribution in [1.82, 2.24) is 10.2 Å². The van der Waals surface area contributed by atoms with Crippen molar-refractivity contribution in [3.8, 4) is 28.3 Å². The molecule has 4 aromatic rings. The lowest BCUT2D eigenvalue weighted by Crippen LogP contribution is -2.09. The van der Waals surface area contributed by atoms with Crippen LogP contribution in [-0.2, 0) is 4.74 Å². The third kappa shape index (κ3) is 4.16.